The molecule has 0 aromatic heterocycles. The van der Waals surface area contributed by atoms with Gasteiger partial charge in [0, 0.05) is 4.90 Å². The Morgan fingerprint density at radius 2 is 1.75 bits per heavy atom. The molecule has 0 bridgehead atoms. The zero-order chi connectivity index (χ0) is 14.3. The van der Waals surface area contributed by atoms with E-state index in [1.165, 1.54) is 11.8 Å². The van der Waals surface area contributed by atoms with Gasteiger partial charge in [-0.1, -0.05) is 30.0 Å². The average molecular weight is 296 g/mol. The van der Waals surface area contributed by atoms with Gasteiger partial charge in [0.25, 0.3) is 0 Å². The van der Waals surface area contributed by atoms with Crippen LogP contribution in [0.25, 0.3) is 0 Å². The first kappa shape index (κ1) is 14.4. The molecule has 0 spiro atoms. The minimum atomic E-state index is -0.705. The van der Waals surface area contributed by atoms with Crippen LogP contribution in [-0.2, 0) is 14.2 Å². The number of aliphatic hydroxyl groups excluding tert-OH is 1. The van der Waals surface area contributed by atoms with Crippen LogP contribution in [0.5, 0.6) is 0 Å². The molecule has 1 aromatic carbocycles. The molecular weight excluding hydrogens is 276 g/mol. The van der Waals surface area contributed by atoms with Gasteiger partial charge in [-0.15, -0.1) is 0 Å². The molecule has 110 valence electrons. The zero-order valence-electron chi connectivity index (χ0n) is 11.9. The van der Waals surface area contributed by atoms with Crippen LogP contribution < -0.4 is 0 Å². The normalized spacial score (nSPS) is 39.5. The van der Waals surface area contributed by atoms with E-state index in [1.54, 1.807) is 0 Å². The summed E-state index contributed by atoms with van der Waals surface area (Å²) >= 11 is 1.52. The highest BCUT2D eigenvalue weighted by Gasteiger charge is 2.53. The first-order chi connectivity index (χ1) is 9.46. The third-order valence-corrected chi connectivity index (χ3v) is 4.75. The summed E-state index contributed by atoms with van der Waals surface area (Å²) in [5, 5.41) is 10.5. The van der Waals surface area contributed by atoms with Crippen molar-refractivity contribution in [2.24, 2.45) is 0 Å². The number of aliphatic hydroxyl groups is 1. The van der Waals surface area contributed by atoms with Crippen LogP contribution in [0.1, 0.15) is 20.8 Å². The van der Waals surface area contributed by atoms with E-state index in [1.807, 2.05) is 51.1 Å². The van der Waals surface area contributed by atoms with E-state index in [0.29, 0.717) is 0 Å². The predicted molar refractivity (Wildman–Crippen MR) is 76.5 cm³/mol. The first-order valence-electron chi connectivity index (χ1n) is 6.87. The second-order valence-electron chi connectivity index (χ2n) is 5.70. The maximum atomic E-state index is 10.5. The van der Waals surface area contributed by atoms with Crippen LogP contribution in [0, 0.1) is 0 Å². The molecule has 0 radical (unpaired) electrons. The van der Waals surface area contributed by atoms with Crippen molar-refractivity contribution in [1.82, 2.24) is 0 Å². The molecule has 5 heteroatoms. The molecule has 3 rings (SSSR count). The van der Waals surface area contributed by atoms with Crippen molar-refractivity contribution in [2.45, 2.75) is 61.3 Å². The van der Waals surface area contributed by atoms with Gasteiger partial charge in [0.1, 0.15) is 23.7 Å². The molecule has 4 nitrogen and oxygen atoms in total. The van der Waals surface area contributed by atoms with Gasteiger partial charge in [0.05, 0.1) is 6.10 Å². The number of rotatable bonds is 2. The lowest BCUT2D eigenvalue weighted by molar-refractivity contribution is -0.153. The van der Waals surface area contributed by atoms with Gasteiger partial charge in [-0.25, -0.2) is 0 Å². The molecule has 1 N–H and O–H groups in total. The lowest BCUT2D eigenvalue weighted by Crippen LogP contribution is -2.54. The van der Waals surface area contributed by atoms with E-state index >= 15 is 0 Å². The fraction of sp³-hybridized carbons (Fsp3) is 0.600. The Balaban J connectivity index is 1.75. The van der Waals surface area contributed by atoms with Gasteiger partial charge in [-0.05, 0) is 32.9 Å². The number of thioether (sulfide) groups is 1. The van der Waals surface area contributed by atoms with E-state index in [9.17, 15) is 5.11 Å². The SMILES string of the molecule is C[C@H]1OC(Sc2ccccc2)[C@H](O)[C@H]2OC(C)(C)O[C@H]21. The van der Waals surface area contributed by atoms with Crippen molar-refractivity contribution in [3.63, 3.8) is 0 Å². The molecule has 2 saturated heterocycles. The monoisotopic (exact) mass is 296 g/mol. The molecule has 0 aliphatic carbocycles. The standard InChI is InChI=1S/C15H20O4S/c1-9-12-13(19-15(2,3)18-12)11(16)14(17-9)20-10-7-5-4-6-8-10/h4-9,11-14,16H,1-3H3/t9-,11-,12+,13-,14?/m1/s1. The van der Waals surface area contributed by atoms with Crippen LogP contribution in [0.15, 0.2) is 35.2 Å². The molecule has 5 atom stereocenters. The summed E-state index contributed by atoms with van der Waals surface area (Å²) in [5.74, 6) is -0.666. The van der Waals surface area contributed by atoms with E-state index in [-0.39, 0.29) is 23.7 Å². The third kappa shape index (κ3) is 2.73. The maximum Gasteiger partial charge on any atom is 0.164 e. The Hall–Kier alpha value is -0.590. The largest absolute Gasteiger partial charge is 0.387 e. The van der Waals surface area contributed by atoms with Crippen molar-refractivity contribution in [3.8, 4) is 0 Å². The summed E-state index contributed by atoms with van der Waals surface area (Å²) in [7, 11) is 0. The molecule has 2 aliphatic rings. The molecule has 2 fully saturated rings. The quantitative estimate of drug-likeness (QED) is 0.908. The van der Waals surface area contributed by atoms with Crippen molar-refractivity contribution in [2.75, 3.05) is 0 Å². The second kappa shape index (κ2) is 5.31. The highest BCUT2D eigenvalue weighted by molar-refractivity contribution is 7.99. The van der Waals surface area contributed by atoms with Crippen molar-refractivity contribution >= 4 is 11.8 Å². The van der Waals surface area contributed by atoms with E-state index < -0.39 is 11.9 Å². The topological polar surface area (TPSA) is 47.9 Å². The molecular formula is C15H20O4S. The van der Waals surface area contributed by atoms with Crippen molar-refractivity contribution in [3.05, 3.63) is 30.3 Å². The van der Waals surface area contributed by atoms with Gasteiger partial charge in [-0.3, -0.25) is 0 Å². The van der Waals surface area contributed by atoms with Crippen molar-refractivity contribution in [1.29, 1.82) is 0 Å². The van der Waals surface area contributed by atoms with Gasteiger partial charge in [-0.2, -0.15) is 0 Å². The van der Waals surface area contributed by atoms with E-state index in [2.05, 4.69) is 0 Å². The minimum Gasteiger partial charge on any atom is -0.387 e. The Morgan fingerprint density at radius 3 is 2.45 bits per heavy atom. The number of hydrogen-bond acceptors (Lipinski definition) is 5. The Morgan fingerprint density at radius 1 is 1.10 bits per heavy atom. The summed E-state index contributed by atoms with van der Waals surface area (Å²) in [6.07, 6.45) is -1.36. The number of hydrogen-bond donors (Lipinski definition) is 1. The van der Waals surface area contributed by atoms with E-state index in [0.717, 1.165) is 4.90 Å². The fourth-order valence-electron chi connectivity index (χ4n) is 2.70. The fourth-order valence-corrected chi connectivity index (χ4v) is 3.81. The average Bonchev–Trinajstić information content (AvgIpc) is 2.74. The van der Waals surface area contributed by atoms with Gasteiger partial charge in [0.2, 0.25) is 0 Å². The summed E-state index contributed by atoms with van der Waals surface area (Å²) in [6.45, 7) is 5.70. The molecule has 2 heterocycles. The molecule has 0 saturated carbocycles. The smallest absolute Gasteiger partial charge is 0.164 e. The Labute approximate surface area is 123 Å². The predicted octanol–water partition coefficient (Wildman–Crippen LogP) is 2.40. The van der Waals surface area contributed by atoms with Crippen LogP contribution in [0.3, 0.4) is 0 Å². The van der Waals surface area contributed by atoms with E-state index in [4.69, 9.17) is 14.2 Å². The summed E-state index contributed by atoms with van der Waals surface area (Å²) in [6, 6.07) is 9.93. The second-order valence-corrected chi connectivity index (χ2v) is 6.87. The highest BCUT2D eigenvalue weighted by atomic mass is 32.2. The summed E-state index contributed by atoms with van der Waals surface area (Å²) in [4.78, 5) is 1.07. The molecule has 1 unspecified atom stereocenters. The molecule has 0 amide bonds. The number of benzene rings is 1. The Bertz CT molecular complexity index is 464. The van der Waals surface area contributed by atoms with Gasteiger partial charge in [0.15, 0.2) is 5.79 Å². The summed E-state index contributed by atoms with van der Waals surface area (Å²) < 4.78 is 17.6. The summed E-state index contributed by atoms with van der Waals surface area (Å²) in [5.41, 5.74) is -0.342. The maximum absolute atomic E-state index is 10.5. The molecule has 1 aromatic rings. The van der Waals surface area contributed by atoms with Crippen LogP contribution in [0.4, 0.5) is 0 Å². The lowest BCUT2D eigenvalue weighted by atomic mass is 10.0. The number of ether oxygens (including phenoxy) is 3. The van der Waals surface area contributed by atoms with Crippen LogP contribution in [0.2, 0.25) is 0 Å². The highest BCUT2D eigenvalue weighted by Crippen LogP contribution is 2.41. The van der Waals surface area contributed by atoms with Crippen molar-refractivity contribution < 1.29 is 19.3 Å². The van der Waals surface area contributed by atoms with Gasteiger partial charge < -0.3 is 19.3 Å². The lowest BCUT2D eigenvalue weighted by Gasteiger charge is -2.38. The zero-order valence-corrected chi connectivity index (χ0v) is 12.7. The first-order valence-corrected chi connectivity index (χ1v) is 7.75. The van der Waals surface area contributed by atoms with Crippen LogP contribution >= 0.6 is 11.8 Å². The Kier molecular flexibility index (Phi) is 3.81. The molecule has 2 aliphatic heterocycles. The van der Waals surface area contributed by atoms with Gasteiger partial charge >= 0.3 is 0 Å². The molecule has 20 heavy (non-hydrogen) atoms. The number of fused-ring (bicyclic) bond motifs is 1. The third-order valence-electron chi connectivity index (χ3n) is 3.59. The van der Waals surface area contributed by atoms with Crippen LogP contribution in [-0.4, -0.2) is 40.7 Å². The minimum absolute atomic E-state index is 0.105.